The highest BCUT2D eigenvalue weighted by atomic mass is 32.2. The van der Waals surface area contributed by atoms with Gasteiger partial charge in [-0.3, -0.25) is 9.59 Å². The molecule has 2 aliphatic heterocycles. The first-order chi connectivity index (χ1) is 14.3. The minimum absolute atomic E-state index is 0.0558. The standard InChI is InChI=1S/C22H24N2O4S2/c1-15-12-21(25)23-19-13-18(6-7-20(19)29-15)30(27,28)11-9-22(26)24-10-8-16-4-2-3-5-17(16)14-24/h2-7,13,15H,8-12,14H2,1H3,(H,23,25). The second-order valence-corrected chi connectivity index (χ2v) is 11.3. The molecule has 0 radical (unpaired) electrons. The molecule has 0 aromatic heterocycles. The summed E-state index contributed by atoms with van der Waals surface area (Å²) in [6.07, 6.45) is 1.11. The van der Waals surface area contributed by atoms with Crippen molar-refractivity contribution in [1.82, 2.24) is 4.90 Å². The normalized spacial score (nSPS) is 18.8. The van der Waals surface area contributed by atoms with Crippen LogP contribution in [-0.2, 0) is 32.4 Å². The number of rotatable bonds is 4. The van der Waals surface area contributed by atoms with E-state index in [0.29, 0.717) is 25.2 Å². The third-order valence-corrected chi connectivity index (χ3v) is 8.35. The van der Waals surface area contributed by atoms with Crippen molar-refractivity contribution in [2.45, 2.75) is 47.8 Å². The maximum absolute atomic E-state index is 12.8. The van der Waals surface area contributed by atoms with Crippen LogP contribution in [0, 0.1) is 0 Å². The van der Waals surface area contributed by atoms with E-state index < -0.39 is 9.84 Å². The van der Waals surface area contributed by atoms with E-state index >= 15 is 0 Å². The largest absolute Gasteiger partial charge is 0.338 e. The lowest BCUT2D eigenvalue weighted by molar-refractivity contribution is -0.131. The molecule has 2 aromatic rings. The minimum atomic E-state index is -3.64. The summed E-state index contributed by atoms with van der Waals surface area (Å²) in [7, 11) is -3.64. The molecule has 6 nitrogen and oxygen atoms in total. The maximum atomic E-state index is 12.8. The van der Waals surface area contributed by atoms with Crippen molar-refractivity contribution < 1.29 is 18.0 Å². The van der Waals surface area contributed by atoms with E-state index in [1.807, 2.05) is 25.1 Å². The predicted octanol–water partition coefficient (Wildman–Crippen LogP) is 3.26. The molecule has 0 bridgehead atoms. The summed E-state index contributed by atoms with van der Waals surface area (Å²) in [5.74, 6) is -0.523. The number of sulfone groups is 1. The van der Waals surface area contributed by atoms with Crippen molar-refractivity contribution in [3.63, 3.8) is 0 Å². The molecule has 1 unspecified atom stereocenters. The average Bonchev–Trinajstić information content (AvgIpc) is 2.87. The molecule has 0 fully saturated rings. The smallest absolute Gasteiger partial charge is 0.225 e. The summed E-state index contributed by atoms with van der Waals surface area (Å²) in [4.78, 5) is 27.3. The van der Waals surface area contributed by atoms with Crippen molar-refractivity contribution >= 4 is 39.1 Å². The Morgan fingerprint density at radius 2 is 1.97 bits per heavy atom. The Labute approximate surface area is 181 Å². The Bertz CT molecular complexity index is 1100. The van der Waals surface area contributed by atoms with Crippen LogP contribution in [0.3, 0.4) is 0 Å². The van der Waals surface area contributed by atoms with Gasteiger partial charge in [0, 0.05) is 36.1 Å². The van der Waals surface area contributed by atoms with Gasteiger partial charge in [0.05, 0.1) is 16.3 Å². The number of thioether (sulfide) groups is 1. The summed E-state index contributed by atoms with van der Waals surface area (Å²) in [5, 5.41) is 2.92. The van der Waals surface area contributed by atoms with Gasteiger partial charge in [-0.05, 0) is 35.7 Å². The molecule has 8 heteroatoms. The van der Waals surface area contributed by atoms with Crippen LogP contribution >= 0.6 is 11.8 Å². The molecule has 158 valence electrons. The van der Waals surface area contributed by atoms with Crippen molar-refractivity contribution in [3.05, 3.63) is 53.6 Å². The minimum Gasteiger partial charge on any atom is -0.338 e. The lowest BCUT2D eigenvalue weighted by Gasteiger charge is -2.29. The number of carbonyl (C=O) groups is 2. The number of hydrogen-bond donors (Lipinski definition) is 1. The SMILES string of the molecule is CC1CC(=O)Nc2cc(S(=O)(=O)CCC(=O)N3CCc4ccccc4C3)ccc2S1. The van der Waals surface area contributed by atoms with Gasteiger partial charge in [-0.2, -0.15) is 0 Å². The molecule has 0 saturated carbocycles. The van der Waals surface area contributed by atoms with Crippen molar-refractivity contribution in [2.24, 2.45) is 0 Å². The van der Waals surface area contributed by atoms with Gasteiger partial charge in [0.2, 0.25) is 11.8 Å². The molecule has 1 N–H and O–H groups in total. The van der Waals surface area contributed by atoms with E-state index in [0.717, 1.165) is 16.9 Å². The lowest BCUT2D eigenvalue weighted by atomic mass is 10.00. The fourth-order valence-electron chi connectivity index (χ4n) is 3.83. The summed E-state index contributed by atoms with van der Waals surface area (Å²) in [6, 6.07) is 12.8. The van der Waals surface area contributed by atoms with E-state index in [-0.39, 0.29) is 34.1 Å². The molecule has 0 saturated heterocycles. The number of anilines is 1. The van der Waals surface area contributed by atoms with Crippen LogP contribution in [0.25, 0.3) is 0 Å². The molecule has 0 spiro atoms. The molecular formula is C22H24N2O4S2. The molecular weight excluding hydrogens is 420 g/mol. The first-order valence-electron chi connectivity index (χ1n) is 10.00. The van der Waals surface area contributed by atoms with Crippen LogP contribution < -0.4 is 5.32 Å². The van der Waals surface area contributed by atoms with Crippen LogP contribution in [0.2, 0.25) is 0 Å². The van der Waals surface area contributed by atoms with E-state index in [1.54, 1.807) is 28.8 Å². The van der Waals surface area contributed by atoms with Gasteiger partial charge in [0.25, 0.3) is 0 Å². The zero-order valence-electron chi connectivity index (χ0n) is 16.8. The Morgan fingerprint density at radius 1 is 1.20 bits per heavy atom. The monoisotopic (exact) mass is 444 g/mol. The van der Waals surface area contributed by atoms with Gasteiger partial charge in [-0.1, -0.05) is 31.2 Å². The van der Waals surface area contributed by atoms with Crippen molar-refractivity contribution in [1.29, 1.82) is 0 Å². The summed E-state index contributed by atoms with van der Waals surface area (Å²) in [5.41, 5.74) is 2.89. The number of benzene rings is 2. The van der Waals surface area contributed by atoms with Crippen LogP contribution in [0.5, 0.6) is 0 Å². The first-order valence-corrected chi connectivity index (χ1v) is 12.5. The number of fused-ring (bicyclic) bond motifs is 2. The van der Waals surface area contributed by atoms with Crippen LogP contribution in [0.4, 0.5) is 5.69 Å². The third-order valence-electron chi connectivity index (χ3n) is 5.45. The fourth-order valence-corrected chi connectivity index (χ4v) is 6.13. The van der Waals surface area contributed by atoms with Gasteiger partial charge in [0.15, 0.2) is 9.84 Å². The maximum Gasteiger partial charge on any atom is 0.225 e. The average molecular weight is 445 g/mol. The molecule has 30 heavy (non-hydrogen) atoms. The summed E-state index contributed by atoms with van der Waals surface area (Å²) >= 11 is 1.55. The zero-order chi connectivity index (χ0) is 21.3. The van der Waals surface area contributed by atoms with Crippen LogP contribution in [-0.4, -0.2) is 42.7 Å². The van der Waals surface area contributed by atoms with E-state index in [2.05, 4.69) is 11.4 Å². The Morgan fingerprint density at radius 3 is 2.77 bits per heavy atom. The molecule has 4 rings (SSSR count). The quantitative estimate of drug-likeness (QED) is 0.783. The Kier molecular flexibility index (Phi) is 5.88. The van der Waals surface area contributed by atoms with Gasteiger partial charge in [-0.15, -0.1) is 11.8 Å². The highest BCUT2D eigenvalue weighted by Crippen LogP contribution is 2.36. The predicted molar refractivity (Wildman–Crippen MR) is 117 cm³/mol. The second kappa shape index (κ2) is 8.43. The number of nitrogens with zero attached hydrogens (tertiary/aromatic N) is 1. The molecule has 2 heterocycles. The zero-order valence-corrected chi connectivity index (χ0v) is 18.4. The third kappa shape index (κ3) is 4.54. The van der Waals surface area contributed by atoms with Gasteiger partial charge in [0.1, 0.15) is 0 Å². The molecule has 2 aromatic carbocycles. The summed E-state index contributed by atoms with van der Waals surface area (Å²) < 4.78 is 25.7. The highest BCUT2D eigenvalue weighted by Gasteiger charge is 2.25. The van der Waals surface area contributed by atoms with Gasteiger partial charge < -0.3 is 10.2 Å². The Balaban J connectivity index is 1.44. The van der Waals surface area contributed by atoms with Crippen molar-refractivity contribution in [2.75, 3.05) is 17.6 Å². The second-order valence-electron chi connectivity index (χ2n) is 7.74. The number of carbonyl (C=O) groups excluding carboxylic acids is 2. The van der Waals surface area contributed by atoms with Crippen molar-refractivity contribution in [3.8, 4) is 0 Å². The molecule has 1 atom stereocenters. The molecule has 0 aliphatic carbocycles. The highest BCUT2D eigenvalue weighted by molar-refractivity contribution is 8.00. The topological polar surface area (TPSA) is 83.5 Å². The Hall–Kier alpha value is -2.32. The van der Waals surface area contributed by atoms with E-state index in [1.165, 1.54) is 11.6 Å². The fraction of sp³-hybridized carbons (Fsp3) is 0.364. The van der Waals surface area contributed by atoms with Crippen LogP contribution in [0.1, 0.15) is 30.9 Å². The lowest BCUT2D eigenvalue weighted by Crippen LogP contribution is -2.36. The molecule has 2 amide bonds. The van der Waals surface area contributed by atoms with Gasteiger partial charge in [-0.25, -0.2) is 8.42 Å². The van der Waals surface area contributed by atoms with Gasteiger partial charge >= 0.3 is 0 Å². The number of nitrogens with one attached hydrogen (secondary N) is 1. The first kappa shape index (κ1) is 20.9. The summed E-state index contributed by atoms with van der Waals surface area (Å²) in [6.45, 7) is 3.10. The van der Waals surface area contributed by atoms with E-state index in [9.17, 15) is 18.0 Å². The number of hydrogen-bond acceptors (Lipinski definition) is 5. The number of amides is 2. The van der Waals surface area contributed by atoms with E-state index in [4.69, 9.17) is 0 Å². The van der Waals surface area contributed by atoms with Crippen LogP contribution in [0.15, 0.2) is 52.3 Å². The molecule has 2 aliphatic rings.